The highest BCUT2D eigenvalue weighted by atomic mass is 16.5. The van der Waals surface area contributed by atoms with Gasteiger partial charge in [0.1, 0.15) is 23.9 Å². The number of nitrogens with zero attached hydrogens (tertiary/aromatic N) is 4. The van der Waals surface area contributed by atoms with Gasteiger partial charge >= 0.3 is 0 Å². The van der Waals surface area contributed by atoms with Gasteiger partial charge in [0.15, 0.2) is 11.6 Å². The fourth-order valence-electron chi connectivity index (χ4n) is 3.71. The number of hydrogen-bond acceptors (Lipinski definition) is 7. The molecule has 9 nitrogen and oxygen atoms in total. The second-order valence-electron chi connectivity index (χ2n) is 7.44. The predicted octanol–water partition coefficient (Wildman–Crippen LogP) is 2.01. The topological polar surface area (TPSA) is 94.6 Å². The van der Waals surface area contributed by atoms with Crippen molar-refractivity contribution in [2.75, 3.05) is 27.3 Å². The molecule has 164 valence electrons. The molecule has 1 N–H and O–H groups in total. The third-order valence-electron chi connectivity index (χ3n) is 5.31. The number of methoxy groups -OCH3 is 2. The zero-order valence-corrected chi connectivity index (χ0v) is 17.8. The van der Waals surface area contributed by atoms with E-state index in [9.17, 15) is 4.79 Å². The van der Waals surface area contributed by atoms with Crippen molar-refractivity contribution in [2.24, 2.45) is 0 Å². The number of rotatable bonds is 8. The monoisotopic (exact) mass is 425 g/mol. The van der Waals surface area contributed by atoms with Crippen LogP contribution in [-0.4, -0.2) is 52.9 Å². The second-order valence-corrected chi connectivity index (χ2v) is 7.44. The maximum Gasteiger partial charge on any atom is 0.287 e. The molecule has 0 radical (unpaired) electrons. The Balaban J connectivity index is 1.34. The van der Waals surface area contributed by atoms with E-state index in [-0.39, 0.29) is 11.7 Å². The SMILES string of the molecule is COCc1ccc(C(=O)NCc2nnc3n2CCN(Cc2cccc(OC)c2)CC3)o1. The lowest BCUT2D eigenvalue weighted by Gasteiger charge is -2.20. The number of carbonyl (C=O) groups is 1. The van der Waals surface area contributed by atoms with Crippen LogP contribution in [0.5, 0.6) is 5.75 Å². The normalized spacial score (nSPS) is 14.1. The van der Waals surface area contributed by atoms with Gasteiger partial charge in [-0.1, -0.05) is 12.1 Å². The largest absolute Gasteiger partial charge is 0.497 e. The predicted molar refractivity (Wildman–Crippen MR) is 113 cm³/mol. The van der Waals surface area contributed by atoms with E-state index >= 15 is 0 Å². The van der Waals surface area contributed by atoms with Crippen molar-refractivity contribution >= 4 is 5.91 Å². The van der Waals surface area contributed by atoms with Gasteiger partial charge < -0.3 is 23.8 Å². The summed E-state index contributed by atoms with van der Waals surface area (Å²) < 4.78 is 17.9. The molecule has 1 amide bonds. The summed E-state index contributed by atoms with van der Waals surface area (Å²) in [5, 5.41) is 11.5. The highest BCUT2D eigenvalue weighted by Crippen LogP contribution is 2.17. The van der Waals surface area contributed by atoms with Crippen LogP contribution in [0.15, 0.2) is 40.8 Å². The zero-order chi connectivity index (χ0) is 21.6. The fourth-order valence-corrected chi connectivity index (χ4v) is 3.71. The first kappa shape index (κ1) is 21.1. The summed E-state index contributed by atoms with van der Waals surface area (Å²) in [5.74, 6) is 3.14. The van der Waals surface area contributed by atoms with Gasteiger partial charge in [-0.15, -0.1) is 10.2 Å². The minimum atomic E-state index is -0.284. The number of amides is 1. The van der Waals surface area contributed by atoms with E-state index in [0.29, 0.717) is 18.9 Å². The van der Waals surface area contributed by atoms with Gasteiger partial charge in [0, 0.05) is 39.7 Å². The summed E-state index contributed by atoms with van der Waals surface area (Å²) in [6, 6.07) is 11.5. The van der Waals surface area contributed by atoms with Crippen LogP contribution in [0.1, 0.15) is 33.5 Å². The molecule has 0 spiro atoms. The molecule has 0 atom stereocenters. The highest BCUT2D eigenvalue weighted by Gasteiger charge is 2.20. The first-order valence-electron chi connectivity index (χ1n) is 10.3. The molecule has 1 aromatic carbocycles. The van der Waals surface area contributed by atoms with Crippen molar-refractivity contribution in [1.29, 1.82) is 0 Å². The summed E-state index contributed by atoms with van der Waals surface area (Å²) in [4.78, 5) is 14.8. The van der Waals surface area contributed by atoms with Gasteiger partial charge in [-0.3, -0.25) is 9.69 Å². The molecule has 31 heavy (non-hydrogen) atoms. The molecule has 0 aliphatic carbocycles. The van der Waals surface area contributed by atoms with Crippen LogP contribution in [0.3, 0.4) is 0 Å². The maximum absolute atomic E-state index is 12.4. The Hall–Kier alpha value is -3.17. The van der Waals surface area contributed by atoms with E-state index in [0.717, 1.165) is 50.0 Å². The van der Waals surface area contributed by atoms with E-state index in [4.69, 9.17) is 13.9 Å². The Kier molecular flexibility index (Phi) is 6.63. The van der Waals surface area contributed by atoms with E-state index < -0.39 is 0 Å². The number of carbonyl (C=O) groups excluding carboxylic acids is 1. The van der Waals surface area contributed by atoms with Gasteiger partial charge in [0.25, 0.3) is 5.91 Å². The zero-order valence-electron chi connectivity index (χ0n) is 17.8. The van der Waals surface area contributed by atoms with E-state index in [2.05, 4.69) is 37.1 Å². The number of ether oxygens (including phenoxy) is 2. The molecule has 0 bridgehead atoms. The van der Waals surface area contributed by atoms with E-state index in [1.54, 1.807) is 26.4 Å². The molecule has 0 unspecified atom stereocenters. The average Bonchev–Trinajstić information content (AvgIpc) is 3.36. The van der Waals surface area contributed by atoms with Crippen molar-refractivity contribution in [3.05, 3.63) is 65.1 Å². The molecule has 3 heterocycles. The first-order valence-corrected chi connectivity index (χ1v) is 10.3. The Morgan fingerprint density at radius 1 is 1.16 bits per heavy atom. The Morgan fingerprint density at radius 2 is 2.06 bits per heavy atom. The molecule has 1 aliphatic heterocycles. The number of nitrogens with one attached hydrogen (secondary N) is 1. The van der Waals surface area contributed by atoms with E-state index in [1.165, 1.54) is 5.56 Å². The molecule has 2 aromatic heterocycles. The lowest BCUT2D eigenvalue weighted by molar-refractivity contribution is 0.0913. The maximum atomic E-state index is 12.4. The lowest BCUT2D eigenvalue weighted by atomic mass is 10.2. The van der Waals surface area contributed by atoms with Crippen molar-refractivity contribution in [2.45, 2.75) is 32.7 Å². The van der Waals surface area contributed by atoms with Crippen LogP contribution in [-0.2, 0) is 37.4 Å². The summed E-state index contributed by atoms with van der Waals surface area (Å²) >= 11 is 0. The Bertz CT molecular complexity index is 1030. The summed E-state index contributed by atoms with van der Waals surface area (Å²) in [7, 11) is 3.26. The lowest BCUT2D eigenvalue weighted by Crippen LogP contribution is -2.28. The smallest absolute Gasteiger partial charge is 0.287 e. The first-order chi connectivity index (χ1) is 15.2. The molecule has 9 heteroatoms. The third-order valence-corrected chi connectivity index (χ3v) is 5.31. The van der Waals surface area contributed by atoms with Gasteiger partial charge in [-0.2, -0.15) is 0 Å². The van der Waals surface area contributed by atoms with Gasteiger partial charge in [0.05, 0.1) is 13.7 Å². The van der Waals surface area contributed by atoms with Crippen LogP contribution in [0, 0.1) is 0 Å². The Morgan fingerprint density at radius 3 is 2.90 bits per heavy atom. The summed E-state index contributed by atoms with van der Waals surface area (Å²) in [6.07, 6.45) is 0.809. The average molecular weight is 425 g/mol. The molecule has 0 saturated carbocycles. The number of furan rings is 1. The number of fused-ring (bicyclic) bond motifs is 1. The van der Waals surface area contributed by atoms with Crippen LogP contribution in [0.4, 0.5) is 0 Å². The quantitative estimate of drug-likeness (QED) is 0.590. The molecular formula is C22H27N5O4. The standard InChI is InChI=1S/C22H27N5O4/c1-29-15-18-6-7-19(31-18)22(28)23-13-21-25-24-20-8-9-26(10-11-27(20)21)14-16-4-3-5-17(12-16)30-2/h3-7,12H,8-11,13-15H2,1-2H3,(H,23,28). The van der Waals surface area contributed by atoms with Crippen molar-refractivity contribution in [1.82, 2.24) is 25.0 Å². The molecule has 1 aliphatic rings. The molecule has 0 fully saturated rings. The van der Waals surface area contributed by atoms with Crippen molar-refractivity contribution < 1.29 is 18.7 Å². The number of benzene rings is 1. The van der Waals surface area contributed by atoms with Crippen molar-refractivity contribution in [3.8, 4) is 5.75 Å². The van der Waals surface area contributed by atoms with Crippen molar-refractivity contribution in [3.63, 3.8) is 0 Å². The van der Waals surface area contributed by atoms with Gasteiger partial charge in [-0.25, -0.2) is 0 Å². The molecule has 0 saturated heterocycles. The second kappa shape index (κ2) is 9.76. The molecule has 4 rings (SSSR count). The van der Waals surface area contributed by atoms with Gasteiger partial charge in [0.2, 0.25) is 0 Å². The number of aromatic nitrogens is 3. The van der Waals surface area contributed by atoms with Crippen LogP contribution in [0.2, 0.25) is 0 Å². The van der Waals surface area contributed by atoms with Crippen LogP contribution >= 0.6 is 0 Å². The third kappa shape index (κ3) is 5.12. The minimum absolute atomic E-state index is 0.257. The molecule has 3 aromatic rings. The van der Waals surface area contributed by atoms with Crippen LogP contribution in [0.25, 0.3) is 0 Å². The number of hydrogen-bond donors (Lipinski definition) is 1. The van der Waals surface area contributed by atoms with E-state index in [1.807, 2.05) is 12.1 Å². The minimum Gasteiger partial charge on any atom is -0.497 e. The Labute approximate surface area is 181 Å². The highest BCUT2D eigenvalue weighted by molar-refractivity contribution is 5.91. The van der Waals surface area contributed by atoms with Crippen LogP contribution < -0.4 is 10.1 Å². The molecular weight excluding hydrogens is 398 g/mol. The fraction of sp³-hybridized carbons (Fsp3) is 0.409. The summed E-state index contributed by atoms with van der Waals surface area (Å²) in [6.45, 7) is 4.03. The summed E-state index contributed by atoms with van der Waals surface area (Å²) in [5.41, 5.74) is 1.22. The van der Waals surface area contributed by atoms with Gasteiger partial charge in [-0.05, 0) is 29.8 Å².